The molecule has 0 unspecified atom stereocenters. The van der Waals surface area contributed by atoms with E-state index >= 15 is 0 Å². The molecule has 2 aromatic rings. The molecule has 0 radical (unpaired) electrons. The highest BCUT2D eigenvalue weighted by Gasteiger charge is 2.43. The van der Waals surface area contributed by atoms with Crippen molar-refractivity contribution in [1.29, 1.82) is 0 Å². The lowest BCUT2D eigenvalue weighted by Crippen LogP contribution is -2.42. The number of halogens is 2. The van der Waals surface area contributed by atoms with Crippen LogP contribution < -0.4 is 19.7 Å². The fraction of sp³-hybridized carbons (Fsp3) is 0.400. The number of anilines is 2. The Balaban J connectivity index is 1.18. The molecular formula is C25H24F2N2O6. The van der Waals surface area contributed by atoms with E-state index in [0.717, 1.165) is 30.5 Å². The van der Waals surface area contributed by atoms with E-state index in [1.165, 1.54) is 18.2 Å². The first kappa shape index (κ1) is 23.1. The van der Waals surface area contributed by atoms with Gasteiger partial charge in [-0.1, -0.05) is 31.0 Å². The molecule has 2 atom stereocenters. The highest BCUT2D eigenvalue weighted by atomic mass is 19.3. The summed E-state index contributed by atoms with van der Waals surface area (Å²) < 4.78 is 40.3. The van der Waals surface area contributed by atoms with Crippen LogP contribution >= 0.6 is 0 Å². The molecule has 2 amide bonds. The minimum Gasteiger partial charge on any atom is -0.455 e. The summed E-state index contributed by atoms with van der Waals surface area (Å²) in [5, 5.41) is 2.48. The van der Waals surface area contributed by atoms with Gasteiger partial charge in [-0.25, -0.2) is 0 Å². The third kappa shape index (κ3) is 4.78. The van der Waals surface area contributed by atoms with Gasteiger partial charge in [-0.05, 0) is 43.0 Å². The maximum Gasteiger partial charge on any atom is 0.586 e. The summed E-state index contributed by atoms with van der Waals surface area (Å²) in [5.41, 5.74) is 2.18. The maximum absolute atomic E-state index is 13.4. The number of hydrogen-bond donors (Lipinski definition) is 1. The number of amides is 2. The molecule has 8 nitrogen and oxygen atoms in total. The van der Waals surface area contributed by atoms with E-state index < -0.39 is 36.6 Å². The molecule has 2 aromatic carbocycles. The predicted molar refractivity (Wildman–Crippen MR) is 120 cm³/mol. The molecule has 5 rings (SSSR count). The van der Waals surface area contributed by atoms with Gasteiger partial charge < -0.3 is 24.4 Å². The summed E-state index contributed by atoms with van der Waals surface area (Å²) in [6, 6.07) is 11.6. The zero-order chi connectivity index (χ0) is 24.6. The second-order valence-electron chi connectivity index (χ2n) is 8.85. The molecule has 3 aliphatic rings. The van der Waals surface area contributed by atoms with Gasteiger partial charge in [0.2, 0.25) is 5.91 Å². The maximum atomic E-state index is 13.4. The molecule has 2 aliphatic heterocycles. The molecular weight excluding hydrogens is 462 g/mol. The number of hydrogen-bond acceptors (Lipinski definition) is 6. The quantitative estimate of drug-likeness (QED) is 0.645. The number of fused-ring (bicyclic) bond motifs is 2. The fourth-order valence-corrected chi connectivity index (χ4v) is 4.94. The van der Waals surface area contributed by atoms with E-state index in [1.807, 2.05) is 24.3 Å². The number of nitrogens with one attached hydrogen (secondary N) is 1. The summed E-state index contributed by atoms with van der Waals surface area (Å²) in [7, 11) is 0. The smallest absolute Gasteiger partial charge is 0.455 e. The summed E-state index contributed by atoms with van der Waals surface area (Å²) in [6.07, 6.45) is -0.228. The van der Waals surface area contributed by atoms with E-state index in [4.69, 9.17) is 4.74 Å². The van der Waals surface area contributed by atoms with Crippen molar-refractivity contribution in [2.24, 2.45) is 11.8 Å². The van der Waals surface area contributed by atoms with Crippen LogP contribution in [0.3, 0.4) is 0 Å². The Hall–Kier alpha value is -3.69. The number of ether oxygens (including phenoxy) is 3. The van der Waals surface area contributed by atoms with Gasteiger partial charge in [0.25, 0.3) is 5.91 Å². The minimum atomic E-state index is -3.76. The van der Waals surface area contributed by atoms with Crippen LogP contribution in [0.25, 0.3) is 0 Å². The van der Waals surface area contributed by atoms with Crippen LogP contribution in [0, 0.1) is 11.8 Å². The number of alkyl halides is 2. The average molecular weight is 486 g/mol. The number of para-hydroxylation sites is 1. The minimum absolute atomic E-state index is 0.0850. The first-order chi connectivity index (χ1) is 16.8. The number of carbonyl (C=O) groups excluding carboxylic acids is 3. The van der Waals surface area contributed by atoms with Crippen molar-refractivity contribution >= 4 is 29.2 Å². The normalized spacial score (nSPS) is 21.8. The van der Waals surface area contributed by atoms with Crippen molar-refractivity contribution in [2.75, 3.05) is 23.4 Å². The fourth-order valence-electron chi connectivity index (χ4n) is 4.94. The number of benzene rings is 2. The van der Waals surface area contributed by atoms with Gasteiger partial charge in [0.1, 0.15) is 0 Å². The SMILES string of the molecule is O=C(COC(=O)[C@H]1CCCC[C@H]1C(=O)N1CCc2ccccc21)Nc1ccc2c(c1)OC(F)(F)O2. The average Bonchev–Trinajstić information content (AvgIpc) is 3.41. The molecule has 0 spiro atoms. The molecule has 10 heteroatoms. The largest absolute Gasteiger partial charge is 0.586 e. The van der Waals surface area contributed by atoms with Crippen molar-refractivity contribution < 1.29 is 37.4 Å². The highest BCUT2D eigenvalue weighted by Crippen LogP contribution is 2.42. The predicted octanol–water partition coefficient (Wildman–Crippen LogP) is 3.89. The Morgan fingerprint density at radius 1 is 1.03 bits per heavy atom. The van der Waals surface area contributed by atoms with Crippen LogP contribution in [-0.2, 0) is 25.5 Å². The van der Waals surface area contributed by atoms with Gasteiger partial charge in [0.05, 0.1) is 11.8 Å². The van der Waals surface area contributed by atoms with Crippen molar-refractivity contribution in [3.8, 4) is 11.5 Å². The first-order valence-corrected chi connectivity index (χ1v) is 11.6. The number of nitrogens with zero attached hydrogens (tertiary/aromatic N) is 1. The Bertz CT molecular complexity index is 1170. The van der Waals surface area contributed by atoms with Crippen LogP contribution in [-0.4, -0.2) is 37.2 Å². The van der Waals surface area contributed by atoms with E-state index in [1.54, 1.807) is 4.90 Å². The van der Waals surface area contributed by atoms with Crippen molar-refractivity contribution in [2.45, 2.75) is 38.4 Å². The topological polar surface area (TPSA) is 94.2 Å². The molecule has 0 aromatic heterocycles. The standard InChI is InChI=1S/C25H24F2N2O6/c26-25(27)34-20-10-9-16(13-21(20)35-25)28-22(30)14-33-24(32)18-7-3-2-6-17(18)23(31)29-12-11-15-5-1-4-8-19(15)29/h1,4-5,8-10,13,17-18H,2-3,6-7,11-12,14H2,(H,28,30)/t17-,18+/m1/s1. The summed E-state index contributed by atoms with van der Waals surface area (Å²) in [6.45, 7) is 0.0215. The Morgan fingerprint density at radius 2 is 1.77 bits per heavy atom. The van der Waals surface area contributed by atoms with Gasteiger partial charge in [-0.2, -0.15) is 0 Å². The molecule has 1 fully saturated rings. The summed E-state index contributed by atoms with van der Waals surface area (Å²) >= 11 is 0. The molecule has 1 aliphatic carbocycles. The number of rotatable bonds is 5. The third-order valence-electron chi connectivity index (χ3n) is 6.57. The monoisotopic (exact) mass is 486 g/mol. The summed E-state index contributed by atoms with van der Waals surface area (Å²) in [5.74, 6) is -2.79. The van der Waals surface area contributed by atoms with Gasteiger partial charge in [0, 0.05) is 24.0 Å². The lowest BCUT2D eigenvalue weighted by molar-refractivity contribution is -0.286. The number of carbonyl (C=O) groups is 3. The Morgan fingerprint density at radius 3 is 2.60 bits per heavy atom. The zero-order valence-electron chi connectivity index (χ0n) is 18.8. The van der Waals surface area contributed by atoms with Gasteiger partial charge in [0.15, 0.2) is 18.1 Å². The van der Waals surface area contributed by atoms with Crippen LogP contribution in [0.1, 0.15) is 31.2 Å². The van der Waals surface area contributed by atoms with Crippen molar-refractivity contribution in [1.82, 2.24) is 0 Å². The van der Waals surface area contributed by atoms with Gasteiger partial charge in [-0.3, -0.25) is 14.4 Å². The van der Waals surface area contributed by atoms with Gasteiger partial charge >= 0.3 is 12.3 Å². The zero-order valence-corrected chi connectivity index (χ0v) is 18.8. The molecule has 184 valence electrons. The van der Waals surface area contributed by atoms with Crippen LogP contribution in [0.4, 0.5) is 20.2 Å². The van der Waals surface area contributed by atoms with Crippen LogP contribution in [0.2, 0.25) is 0 Å². The van der Waals surface area contributed by atoms with Crippen molar-refractivity contribution in [3.63, 3.8) is 0 Å². The molecule has 0 saturated heterocycles. The van der Waals surface area contributed by atoms with E-state index in [2.05, 4.69) is 14.8 Å². The third-order valence-corrected chi connectivity index (χ3v) is 6.57. The van der Waals surface area contributed by atoms with Gasteiger partial charge in [-0.15, -0.1) is 8.78 Å². The highest BCUT2D eigenvalue weighted by molar-refractivity contribution is 5.99. The second-order valence-corrected chi connectivity index (χ2v) is 8.85. The van der Waals surface area contributed by atoms with E-state index in [0.29, 0.717) is 19.4 Å². The first-order valence-electron chi connectivity index (χ1n) is 11.6. The van der Waals surface area contributed by atoms with Crippen LogP contribution in [0.15, 0.2) is 42.5 Å². The lowest BCUT2D eigenvalue weighted by Gasteiger charge is -2.32. The lowest BCUT2D eigenvalue weighted by atomic mass is 9.78. The van der Waals surface area contributed by atoms with Crippen molar-refractivity contribution in [3.05, 3.63) is 48.0 Å². The van der Waals surface area contributed by atoms with E-state index in [9.17, 15) is 23.2 Å². The Kier molecular flexibility index (Phi) is 6.04. The van der Waals surface area contributed by atoms with E-state index in [-0.39, 0.29) is 23.1 Å². The Labute approximate surface area is 200 Å². The molecule has 1 saturated carbocycles. The second kappa shape index (κ2) is 9.16. The van der Waals surface area contributed by atoms with Crippen LogP contribution in [0.5, 0.6) is 11.5 Å². The number of esters is 1. The molecule has 0 bridgehead atoms. The molecule has 2 heterocycles. The molecule has 1 N–H and O–H groups in total. The summed E-state index contributed by atoms with van der Waals surface area (Å²) in [4.78, 5) is 40.3. The molecule has 35 heavy (non-hydrogen) atoms.